The van der Waals surface area contributed by atoms with Crippen LogP contribution in [-0.2, 0) is 9.59 Å². The van der Waals surface area contributed by atoms with Crippen LogP contribution in [0.4, 0.5) is 0 Å². The van der Waals surface area contributed by atoms with Crippen LogP contribution in [0.15, 0.2) is 24.3 Å². The van der Waals surface area contributed by atoms with Gasteiger partial charge in [-0.3, -0.25) is 9.59 Å². The molecule has 0 radical (unpaired) electrons. The first-order chi connectivity index (χ1) is 9.97. The van der Waals surface area contributed by atoms with Gasteiger partial charge in [0.2, 0.25) is 5.91 Å². The minimum absolute atomic E-state index is 0.269. The summed E-state index contributed by atoms with van der Waals surface area (Å²) < 4.78 is 5.00. The van der Waals surface area contributed by atoms with Crippen molar-refractivity contribution in [1.82, 2.24) is 10.6 Å². The number of rotatable bonds is 7. The summed E-state index contributed by atoms with van der Waals surface area (Å²) in [7, 11) is 1.49. The van der Waals surface area contributed by atoms with E-state index in [1.165, 1.54) is 7.11 Å². The monoisotopic (exact) mass is 294 g/mol. The number of ether oxygens (including phenoxy) is 1. The topological polar surface area (TPSA) is 105 Å². The lowest BCUT2D eigenvalue weighted by molar-refractivity contribution is -0.141. The van der Waals surface area contributed by atoms with E-state index in [0.717, 1.165) is 0 Å². The first-order valence-corrected chi connectivity index (χ1v) is 6.42. The van der Waals surface area contributed by atoms with E-state index < -0.39 is 23.8 Å². The van der Waals surface area contributed by atoms with E-state index in [1.54, 1.807) is 31.2 Å². The molecular weight excluding hydrogens is 276 g/mol. The van der Waals surface area contributed by atoms with E-state index in [9.17, 15) is 14.4 Å². The number of nitrogens with one attached hydrogen (secondary N) is 2. The van der Waals surface area contributed by atoms with Gasteiger partial charge in [-0.2, -0.15) is 0 Å². The molecule has 114 valence electrons. The molecule has 0 saturated heterocycles. The number of aliphatic carboxylic acids is 1. The van der Waals surface area contributed by atoms with Crippen LogP contribution in [-0.4, -0.2) is 42.6 Å². The van der Waals surface area contributed by atoms with Crippen LogP contribution in [0.5, 0.6) is 5.75 Å². The van der Waals surface area contributed by atoms with E-state index in [4.69, 9.17) is 9.84 Å². The number of methoxy groups -OCH3 is 1. The maximum atomic E-state index is 11.8. The fourth-order valence-electron chi connectivity index (χ4n) is 1.61. The molecule has 0 aromatic heterocycles. The number of carboxylic acid groups (broad SMARTS) is 1. The molecule has 7 nitrogen and oxygen atoms in total. The van der Waals surface area contributed by atoms with Crippen LogP contribution in [0, 0.1) is 0 Å². The van der Waals surface area contributed by atoms with Gasteiger partial charge in [-0.25, -0.2) is 4.79 Å². The Morgan fingerprint density at radius 1 is 1.33 bits per heavy atom. The number of benzene rings is 1. The highest BCUT2D eigenvalue weighted by atomic mass is 16.5. The second kappa shape index (κ2) is 7.88. The van der Waals surface area contributed by atoms with E-state index in [0.29, 0.717) is 11.3 Å². The van der Waals surface area contributed by atoms with Gasteiger partial charge in [0.1, 0.15) is 11.8 Å². The van der Waals surface area contributed by atoms with Crippen LogP contribution < -0.4 is 15.4 Å². The SMILES string of the molecule is CCC(NC(=O)CNC(=O)c1cccc(OC)c1)C(=O)O. The molecular formula is C14H18N2O5. The molecule has 1 rings (SSSR count). The fraction of sp³-hybridized carbons (Fsp3) is 0.357. The summed E-state index contributed by atoms with van der Waals surface area (Å²) in [6, 6.07) is 5.53. The maximum absolute atomic E-state index is 11.8. The summed E-state index contributed by atoms with van der Waals surface area (Å²) in [5.41, 5.74) is 0.354. The summed E-state index contributed by atoms with van der Waals surface area (Å²) in [5, 5.41) is 13.6. The average Bonchev–Trinajstić information content (AvgIpc) is 2.49. The molecule has 1 aromatic carbocycles. The highest BCUT2D eigenvalue weighted by molar-refractivity contribution is 5.97. The molecule has 0 saturated carbocycles. The summed E-state index contributed by atoms with van der Waals surface area (Å²) in [4.78, 5) is 34.2. The lowest BCUT2D eigenvalue weighted by atomic mass is 10.2. The molecule has 7 heteroatoms. The Morgan fingerprint density at radius 2 is 2.05 bits per heavy atom. The molecule has 0 heterocycles. The van der Waals surface area contributed by atoms with Gasteiger partial charge in [-0.1, -0.05) is 13.0 Å². The zero-order valence-electron chi connectivity index (χ0n) is 11.9. The lowest BCUT2D eigenvalue weighted by Crippen LogP contribution is -2.45. The Bertz CT molecular complexity index is 530. The average molecular weight is 294 g/mol. The van der Waals surface area contributed by atoms with Gasteiger partial charge in [0, 0.05) is 5.56 Å². The van der Waals surface area contributed by atoms with Gasteiger partial charge < -0.3 is 20.5 Å². The van der Waals surface area contributed by atoms with E-state index in [1.807, 2.05) is 0 Å². The number of hydrogen-bond donors (Lipinski definition) is 3. The number of carbonyl (C=O) groups is 3. The highest BCUT2D eigenvalue weighted by Gasteiger charge is 2.17. The summed E-state index contributed by atoms with van der Waals surface area (Å²) in [6.45, 7) is 1.35. The third kappa shape index (κ3) is 5.13. The van der Waals surface area contributed by atoms with E-state index in [-0.39, 0.29) is 13.0 Å². The molecule has 21 heavy (non-hydrogen) atoms. The maximum Gasteiger partial charge on any atom is 0.326 e. The number of carboxylic acids is 1. The van der Waals surface area contributed by atoms with Gasteiger partial charge in [0.05, 0.1) is 13.7 Å². The lowest BCUT2D eigenvalue weighted by Gasteiger charge is -2.12. The fourth-order valence-corrected chi connectivity index (χ4v) is 1.61. The molecule has 3 N–H and O–H groups in total. The predicted molar refractivity (Wildman–Crippen MR) is 75.2 cm³/mol. The first-order valence-electron chi connectivity index (χ1n) is 6.42. The zero-order valence-corrected chi connectivity index (χ0v) is 11.9. The predicted octanol–water partition coefficient (Wildman–Crippen LogP) is 0.404. The van der Waals surface area contributed by atoms with Gasteiger partial charge in [-0.15, -0.1) is 0 Å². The normalized spacial score (nSPS) is 11.3. The van der Waals surface area contributed by atoms with Crippen LogP contribution in [0.25, 0.3) is 0 Å². The molecule has 1 atom stereocenters. The van der Waals surface area contributed by atoms with Gasteiger partial charge in [0.15, 0.2) is 0 Å². The molecule has 0 spiro atoms. The molecule has 0 bridgehead atoms. The summed E-state index contributed by atoms with van der Waals surface area (Å²) in [5.74, 6) is -1.57. The standard InChI is InChI=1S/C14H18N2O5/c1-3-11(14(19)20)16-12(17)8-15-13(18)9-5-4-6-10(7-9)21-2/h4-7,11H,3,8H2,1-2H3,(H,15,18)(H,16,17)(H,19,20). The number of hydrogen-bond acceptors (Lipinski definition) is 4. The van der Waals surface area contributed by atoms with Crippen molar-refractivity contribution in [3.63, 3.8) is 0 Å². The van der Waals surface area contributed by atoms with Gasteiger partial charge >= 0.3 is 5.97 Å². The third-order valence-electron chi connectivity index (χ3n) is 2.78. The van der Waals surface area contributed by atoms with Crippen molar-refractivity contribution in [2.45, 2.75) is 19.4 Å². The van der Waals surface area contributed by atoms with Crippen molar-refractivity contribution in [3.05, 3.63) is 29.8 Å². The van der Waals surface area contributed by atoms with Crippen molar-refractivity contribution in [3.8, 4) is 5.75 Å². The Kier molecular flexibility index (Phi) is 6.19. The van der Waals surface area contributed by atoms with E-state index in [2.05, 4.69) is 10.6 Å². The van der Waals surface area contributed by atoms with Crippen molar-refractivity contribution < 1.29 is 24.2 Å². The minimum Gasteiger partial charge on any atom is -0.497 e. The molecule has 1 unspecified atom stereocenters. The second-order valence-corrected chi connectivity index (χ2v) is 4.28. The number of amides is 2. The van der Waals surface area contributed by atoms with Crippen molar-refractivity contribution in [2.24, 2.45) is 0 Å². The van der Waals surface area contributed by atoms with Crippen LogP contribution >= 0.6 is 0 Å². The largest absolute Gasteiger partial charge is 0.497 e. The molecule has 1 aromatic rings. The summed E-state index contributed by atoms with van der Waals surface area (Å²) in [6.07, 6.45) is 0.269. The van der Waals surface area contributed by atoms with Gasteiger partial charge in [-0.05, 0) is 24.6 Å². The second-order valence-electron chi connectivity index (χ2n) is 4.28. The van der Waals surface area contributed by atoms with Gasteiger partial charge in [0.25, 0.3) is 5.91 Å². The molecule has 0 aliphatic rings. The van der Waals surface area contributed by atoms with Crippen molar-refractivity contribution >= 4 is 17.8 Å². The third-order valence-corrected chi connectivity index (χ3v) is 2.78. The van der Waals surface area contributed by atoms with Crippen LogP contribution in [0.2, 0.25) is 0 Å². The number of carbonyl (C=O) groups excluding carboxylic acids is 2. The highest BCUT2D eigenvalue weighted by Crippen LogP contribution is 2.12. The molecule has 2 amide bonds. The smallest absolute Gasteiger partial charge is 0.326 e. The minimum atomic E-state index is -1.11. The van der Waals surface area contributed by atoms with E-state index >= 15 is 0 Å². The Labute approximate surface area is 122 Å². The first kappa shape index (κ1) is 16.5. The van der Waals surface area contributed by atoms with Crippen LogP contribution in [0.3, 0.4) is 0 Å². The Hall–Kier alpha value is -2.57. The van der Waals surface area contributed by atoms with Crippen molar-refractivity contribution in [1.29, 1.82) is 0 Å². The zero-order chi connectivity index (χ0) is 15.8. The van der Waals surface area contributed by atoms with Crippen LogP contribution in [0.1, 0.15) is 23.7 Å². The molecule has 0 fully saturated rings. The summed E-state index contributed by atoms with van der Waals surface area (Å²) >= 11 is 0. The van der Waals surface area contributed by atoms with Crippen molar-refractivity contribution in [2.75, 3.05) is 13.7 Å². The Balaban J connectivity index is 2.52. The molecule has 0 aliphatic carbocycles. The Morgan fingerprint density at radius 3 is 2.62 bits per heavy atom. The molecule has 0 aliphatic heterocycles. The quantitative estimate of drug-likeness (QED) is 0.675.